The molecule has 0 N–H and O–H groups in total. The Labute approximate surface area is 195 Å². The molecule has 0 unspecified atom stereocenters. The van der Waals surface area contributed by atoms with Crippen LogP contribution < -0.4 is 10.4 Å². The van der Waals surface area contributed by atoms with Gasteiger partial charge in [-0.05, 0) is 42.6 Å². The van der Waals surface area contributed by atoms with E-state index < -0.39 is 15.9 Å². The maximum atomic E-state index is 12.7. The van der Waals surface area contributed by atoms with Crippen molar-refractivity contribution < 1.29 is 18.0 Å². The summed E-state index contributed by atoms with van der Waals surface area (Å²) in [5, 5.41) is 2.47. The lowest BCUT2D eigenvalue weighted by Gasteiger charge is -2.43. The zero-order valence-electron chi connectivity index (χ0n) is 20.5. The summed E-state index contributed by atoms with van der Waals surface area (Å²) >= 11 is 0. The van der Waals surface area contributed by atoms with Gasteiger partial charge in [0.25, 0.3) is 8.32 Å². The second-order valence-corrected chi connectivity index (χ2v) is 15.5. The first kappa shape index (κ1) is 26.8. The van der Waals surface area contributed by atoms with Crippen molar-refractivity contribution >= 4 is 26.3 Å². The highest BCUT2D eigenvalue weighted by molar-refractivity contribution is 7.53. The van der Waals surface area contributed by atoms with E-state index >= 15 is 0 Å². The van der Waals surface area contributed by atoms with E-state index in [9.17, 15) is 4.57 Å². The van der Waals surface area contributed by atoms with Crippen LogP contribution in [0.25, 0.3) is 0 Å². The number of hydrogen-bond acceptors (Lipinski definition) is 4. The molecule has 0 aliphatic carbocycles. The Balaban J connectivity index is 2.28. The van der Waals surface area contributed by atoms with Crippen molar-refractivity contribution in [3.63, 3.8) is 0 Å². The molecule has 176 valence electrons. The second-order valence-electron chi connectivity index (χ2n) is 8.96. The summed E-state index contributed by atoms with van der Waals surface area (Å²) in [5.74, 6) is 0. The molecule has 32 heavy (non-hydrogen) atoms. The molecule has 2 aromatic rings. The number of allylic oxidation sites excluding steroid dienone is 1. The van der Waals surface area contributed by atoms with Gasteiger partial charge in [0.05, 0.1) is 26.0 Å². The highest BCUT2D eigenvalue weighted by Gasteiger charge is 2.50. The van der Waals surface area contributed by atoms with E-state index in [2.05, 4.69) is 94.4 Å². The molecule has 6 heteroatoms. The predicted molar refractivity (Wildman–Crippen MR) is 138 cm³/mol. The van der Waals surface area contributed by atoms with Crippen LogP contribution in [0.5, 0.6) is 0 Å². The van der Waals surface area contributed by atoms with Crippen molar-refractivity contribution in [3.8, 4) is 0 Å². The normalized spacial score (nSPS) is 13.4. The van der Waals surface area contributed by atoms with Gasteiger partial charge in [-0.2, -0.15) is 0 Å². The summed E-state index contributed by atoms with van der Waals surface area (Å²) in [7, 11) is -5.58. The molecule has 0 spiro atoms. The SMILES string of the molecule is CCOP(=O)(CC/C=C(/C)CO[Si](c1ccccc1)(c1ccccc1)C(C)(C)C)OCC. The highest BCUT2D eigenvalue weighted by Crippen LogP contribution is 2.48. The van der Waals surface area contributed by atoms with Gasteiger partial charge in [-0.25, -0.2) is 0 Å². The summed E-state index contributed by atoms with van der Waals surface area (Å²) in [6.07, 6.45) is 3.11. The van der Waals surface area contributed by atoms with Crippen molar-refractivity contribution in [3.05, 3.63) is 72.3 Å². The van der Waals surface area contributed by atoms with Crippen molar-refractivity contribution in [1.82, 2.24) is 0 Å². The van der Waals surface area contributed by atoms with Crippen LogP contribution in [-0.4, -0.2) is 34.3 Å². The summed E-state index contributed by atoms with van der Waals surface area (Å²) in [4.78, 5) is 0. The van der Waals surface area contributed by atoms with Crippen LogP contribution >= 0.6 is 7.60 Å². The third-order valence-electron chi connectivity index (χ3n) is 5.48. The first-order valence-corrected chi connectivity index (χ1v) is 15.1. The Morgan fingerprint density at radius 3 is 1.78 bits per heavy atom. The van der Waals surface area contributed by atoms with E-state index in [1.807, 2.05) is 13.8 Å². The third kappa shape index (κ3) is 6.76. The molecule has 0 amide bonds. The average molecular weight is 475 g/mol. The van der Waals surface area contributed by atoms with Crippen molar-refractivity contribution in [2.75, 3.05) is 26.0 Å². The fraction of sp³-hybridized carbons (Fsp3) is 0.462. The molecular formula is C26H39O4PSi. The van der Waals surface area contributed by atoms with Crippen molar-refractivity contribution in [2.45, 2.75) is 53.0 Å². The minimum atomic E-state index is -3.03. The van der Waals surface area contributed by atoms with Gasteiger partial charge < -0.3 is 13.5 Å². The maximum absolute atomic E-state index is 12.7. The Morgan fingerprint density at radius 2 is 1.38 bits per heavy atom. The van der Waals surface area contributed by atoms with E-state index in [1.165, 1.54) is 10.4 Å². The van der Waals surface area contributed by atoms with Gasteiger partial charge in [-0.1, -0.05) is 93.1 Å². The smallest absolute Gasteiger partial charge is 0.330 e. The zero-order valence-corrected chi connectivity index (χ0v) is 22.4. The van der Waals surface area contributed by atoms with Crippen LogP contribution in [0.3, 0.4) is 0 Å². The third-order valence-corrected chi connectivity index (χ3v) is 12.6. The topological polar surface area (TPSA) is 44.8 Å². The van der Waals surface area contributed by atoms with Crippen molar-refractivity contribution in [2.24, 2.45) is 0 Å². The van der Waals surface area contributed by atoms with E-state index in [4.69, 9.17) is 13.5 Å². The van der Waals surface area contributed by atoms with Gasteiger partial charge in [0.15, 0.2) is 0 Å². The van der Waals surface area contributed by atoms with Gasteiger partial charge in [-0.15, -0.1) is 0 Å². The van der Waals surface area contributed by atoms with Gasteiger partial charge in [-0.3, -0.25) is 4.57 Å². The molecule has 0 saturated heterocycles. The molecule has 0 atom stereocenters. The second kappa shape index (κ2) is 12.1. The Bertz CT molecular complexity index is 842. The first-order chi connectivity index (χ1) is 15.2. The summed E-state index contributed by atoms with van der Waals surface area (Å²) in [6.45, 7) is 13.9. The molecule has 2 rings (SSSR count). The molecule has 0 saturated carbocycles. The Kier molecular flexibility index (Phi) is 10.1. The van der Waals surface area contributed by atoms with Crippen LogP contribution in [0.15, 0.2) is 72.3 Å². The Morgan fingerprint density at radius 1 is 0.906 bits per heavy atom. The lowest BCUT2D eigenvalue weighted by Crippen LogP contribution is -2.66. The van der Waals surface area contributed by atoms with E-state index in [-0.39, 0.29) is 5.04 Å². The predicted octanol–water partition coefficient (Wildman–Crippen LogP) is 6.17. The first-order valence-electron chi connectivity index (χ1n) is 11.5. The van der Waals surface area contributed by atoms with Gasteiger partial charge in [0, 0.05) is 0 Å². The fourth-order valence-electron chi connectivity index (χ4n) is 4.07. The molecular weight excluding hydrogens is 435 g/mol. The molecule has 0 heterocycles. The van der Waals surface area contributed by atoms with Crippen LogP contribution in [0.2, 0.25) is 5.04 Å². The molecule has 0 fully saturated rings. The molecule has 0 aromatic heterocycles. The Hall–Kier alpha value is -1.49. The minimum Gasteiger partial charge on any atom is -0.403 e. The minimum absolute atomic E-state index is 0.0599. The lowest BCUT2D eigenvalue weighted by molar-refractivity contribution is 0.220. The lowest BCUT2D eigenvalue weighted by atomic mass is 10.2. The van der Waals surface area contributed by atoms with Crippen LogP contribution in [0, 0.1) is 0 Å². The number of hydrogen-bond donors (Lipinski definition) is 0. The standard InChI is InChI=1S/C26H39O4PSi/c1-7-28-31(27,29-8-2)21-15-16-23(3)22-30-32(26(4,5)6,24-17-11-9-12-18-24)25-19-13-10-14-20-25/h9-14,16-20H,7-8,15,21-22H2,1-6H3/b23-16-. The molecule has 2 aromatic carbocycles. The van der Waals surface area contributed by atoms with E-state index in [0.29, 0.717) is 32.4 Å². The largest absolute Gasteiger partial charge is 0.403 e. The summed E-state index contributed by atoms with van der Waals surface area (Å²) in [5.41, 5.74) is 1.12. The fourth-order valence-corrected chi connectivity index (χ4v) is 10.2. The van der Waals surface area contributed by atoms with Crippen LogP contribution in [0.1, 0.15) is 48.0 Å². The molecule has 0 radical (unpaired) electrons. The van der Waals surface area contributed by atoms with Gasteiger partial charge in [0.1, 0.15) is 0 Å². The van der Waals surface area contributed by atoms with Gasteiger partial charge >= 0.3 is 7.60 Å². The molecule has 0 bridgehead atoms. The molecule has 4 nitrogen and oxygen atoms in total. The zero-order chi connectivity index (χ0) is 23.7. The quantitative estimate of drug-likeness (QED) is 0.210. The summed E-state index contributed by atoms with van der Waals surface area (Å²) < 4.78 is 30.5. The molecule has 0 aliphatic heterocycles. The monoisotopic (exact) mass is 474 g/mol. The number of benzene rings is 2. The van der Waals surface area contributed by atoms with E-state index in [1.54, 1.807) is 0 Å². The van der Waals surface area contributed by atoms with Crippen LogP contribution in [0.4, 0.5) is 0 Å². The summed E-state index contributed by atoms with van der Waals surface area (Å²) in [6, 6.07) is 21.3. The van der Waals surface area contributed by atoms with Crippen molar-refractivity contribution in [1.29, 1.82) is 0 Å². The van der Waals surface area contributed by atoms with Crippen LogP contribution in [-0.2, 0) is 18.0 Å². The molecule has 0 aliphatic rings. The highest BCUT2D eigenvalue weighted by atomic mass is 31.2. The van der Waals surface area contributed by atoms with Gasteiger partial charge in [0.2, 0.25) is 0 Å². The number of rotatable bonds is 12. The van der Waals surface area contributed by atoms with E-state index in [0.717, 1.165) is 5.57 Å². The average Bonchev–Trinajstić information content (AvgIpc) is 2.75. The maximum Gasteiger partial charge on any atom is 0.330 e.